The molecule has 2 aromatic heterocycles. The number of carbonyl (C=O) groups excluding carboxylic acids is 1. The van der Waals surface area contributed by atoms with Gasteiger partial charge in [0.2, 0.25) is 0 Å². The molecule has 2 heterocycles. The summed E-state index contributed by atoms with van der Waals surface area (Å²) in [5, 5.41) is 6.88. The van der Waals surface area contributed by atoms with Crippen LogP contribution in [0.1, 0.15) is 24.2 Å². The van der Waals surface area contributed by atoms with Crippen LogP contribution in [0, 0.1) is 11.7 Å². The molecular formula is C13H16FN5O. The van der Waals surface area contributed by atoms with Crippen molar-refractivity contribution in [1.29, 1.82) is 0 Å². The van der Waals surface area contributed by atoms with Crippen LogP contribution in [0.5, 0.6) is 0 Å². The summed E-state index contributed by atoms with van der Waals surface area (Å²) in [5.41, 5.74) is 0.203. The van der Waals surface area contributed by atoms with Gasteiger partial charge in [0.1, 0.15) is 18.5 Å². The Kier molecular flexibility index (Phi) is 4.39. The highest BCUT2D eigenvalue weighted by Crippen LogP contribution is 2.07. The average Bonchev–Trinajstić information content (AvgIpc) is 2.90. The second-order valence-corrected chi connectivity index (χ2v) is 4.83. The van der Waals surface area contributed by atoms with Crippen molar-refractivity contribution in [2.24, 2.45) is 5.92 Å². The van der Waals surface area contributed by atoms with Crippen molar-refractivity contribution < 1.29 is 9.18 Å². The van der Waals surface area contributed by atoms with Gasteiger partial charge in [0.15, 0.2) is 0 Å². The van der Waals surface area contributed by atoms with Crippen molar-refractivity contribution in [2.75, 3.05) is 0 Å². The van der Waals surface area contributed by atoms with E-state index in [1.807, 2.05) is 13.8 Å². The summed E-state index contributed by atoms with van der Waals surface area (Å²) in [4.78, 5) is 19.6. The molecule has 0 unspecified atom stereocenters. The third-order valence-corrected chi connectivity index (χ3v) is 2.94. The molecule has 1 atom stereocenters. The molecule has 2 aromatic rings. The number of carbonyl (C=O) groups is 1. The zero-order valence-corrected chi connectivity index (χ0v) is 11.3. The fourth-order valence-corrected chi connectivity index (χ4v) is 1.74. The van der Waals surface area contributed by atoms with E-state index in [1.165, 1.54) is 12.5 Å². The van der Waals surface area contributed by atoms with Crippen LogP contribution < -0.4 is 5.32 Å². The fourth-order valence-electron chi connectivity index (χ4n) is 1.74. The predicted molar refractivity (Wildman–Crippen MR) is 70.3 cm³/mol. The molecule has 0 aliphatic carbocycles. The lowest BCUT2D eigenvalue weighted by Crippen LogP contribution is -2.41. The molecule has 0 radical (unpaired) electrons. The summed E-state index contributed by atoms with van der Waals surface area (Å²) in [6, 6.07) is 1.03. The Morgan fingerprint density at radius 3 is 2.80 bits per heavy atom. The van der Waals surface area contributed by atoms with Gasteiger partial charge >= 0.3 is 0 Å². The largest absolute Gasteiger partial charge is 0.347 e. The third kappa shape index (κ3) is 3.59. The van der Waals surface area contributed by atoms with Crippen molar-refractivity contribution in [1.82, 2.24) is 25.1 Å². The fraction of sp³-hybridized carbons (Fsp3) is 0.385. The van der Waals surface area contributed by atoms with Gasteiger partial charge in [-0.25, -0.2) is 9.37 Å². The highest BCUT2D eigenvalue weighted by molar-refractivity contribution is 5.94. The number of halogens is 1. The quantitative estimate of drug-likeness (QED) is 0.893. The van der Waals surface area contributed by atoms with Gasteiger partial charge in [0.25, 0.3) is 5.91 Å². The summed E-state index contributed by atoms with van der Waals surface area (Å²) in [7, 11) is 0. The standard InChI is InChI=1S/C13H16FN5O/c1-9(2)12(6-19-8-16-7-17-19)18-13(20)10-3-11(14)5-15-4-10/h3-5,7-9,12H,6H2,1-2H3,(H,18,20)/t12-/m1/s1. The van der Waals surface area contributed by atoms with Gasteiger partial charge in [0, 0.05) is 6.20 Å². The lowest BCUT2D eigenvalue weighted by atomic mass is 10.0. The molecule has 1 amide bonds. The van der Waals surface area contributed by atoms with Gasteiger partial charge in [0.05, 0.1) is 24.3 Å². The minimum atomic E-state index is -0.532. The van der Waals surface area contributed by atoms with Gasteiger partial charge in [-0.2, -0.15) is 5.10 Å². The van der Waals surface area contributed by atoms with Crippen molar-refractivity contribution >= 4 is 5.91 Å². The maximum absolute atomic E-state index is 13.1. The van der Waals surface area contributed by atoms with E-state index in [1.54, 1.807) is 11.0 Å². The Labute approximate surface area is 116 Å². The van der Waals surface area contributed by atoms with Crippen molar-refractivity contribution in [3.8, 4) is 0 Å². The lowest BCUT2D eigenvalue weighted by molar-refractivity contribution is 0.0918. The number of pyridine rings is 1. The van der Waals surface area contributed by atoms with Crippen LogP contribution in [0.4, 0.5) is 4.39 Å². The highest BCUT2D eigenvalue weighted by atomic mass is 19.1. The summed E-state index contributed by atoms with van der Waals surface area (Å²) in [5.74, 6) is -0.685. The summed E-state index contributed by atoms with van der Waals surface area (Å²) in [6.45, 7) is 4.49. The molecule has 0 bridgehead atoms. The maximum atomic E-state index is 13.1. The maximum Gasteiger partial charge on any atom is 0.253 e. The number of nitrogens with one attached hydrogen (secondary N) is 1. The van der Waals surface area contributed by atoms with E-state index < -0.39 is 5.82 Å². The lowest BCUT2D eigenvalue weighted by Gasteiger charge is -2.22. The molecule has 1 N–H and O–H groups in total. The van der Waals surface area contributed by atoms with E-state index in [4.69, 9.17) is 0 Å². The Morgan fingerprint density at radius 2 is 2.20 bits per heavy atom. The molecule has 7 heteroatoms. The topological polar surface area (TPSA) is 72.7 Å². The van der Waals surface area contributed by atoms with Crippen LogP contribution >= 0.6 is 0 Å². The molecule has 106 valence electrons. The number of hydrogen-bond acceptors (Lipinski definition) is 4. The predicted octanol–water partition coefficient (Wildman–Crippen LogP) is 1.27. The molecule has 0 saturated carbocycles. The second-order valence-electron chi connectivity index (χ2n) is 4.83. The summed E-state index contributed by atoms with van der Waals surface area (Å²) in [6.07, 6.45) is 5.43. The molecule has 0 spiro atoms. The van der Waals surface area contributed by atoms with Crippen LogP contribution in [0.2, 0.25) is 0 Å². The van der Waals surface area contributed by atoms with Crippen LogP contribution in [0.15, 0.2) is 31.1 Å². The molecule has 20 heavy (non-hydrogen) atoms. The first-order chi connectivity index (χ1) is 9.56. The Hall–Kier alpha value is -2.31. The van der Waals surface area contributed by atoms with E-state index in [9.17, 15) is 9.18 Å². The molecule has 0 saturated heterocycles. The minimum Gasteiger partial charge on any atom is -0.347 e. The minimum absolute atomic E-state index is 0.132. The van der Waals surface area contributed by atoms with E-state index in [0.717, 1.165) is 12.3 Å². The zero-order valence-electron chi connectivity index (χ0n) is 11.3. The number of nitrogens with zero attached hydrogens (tertiary/aromatic N) is 4. The summed E-state index contributed by atoms with van der Waals surface area (Å²) >= 11 is 0. The van der Waals surface area contributed by atoms with E-state index in [0.29, 0.717) is 6.54 Å². The number of rotatable bonds is 5. The van der Waals surface area contributed by atoms with Gasteiger partial charge in [-0.1, -0.05) is 13.8 Å². The normalized spacial score (nSPS) is 12.4. The first-order valence-electron chi connectivity index (χ1n) is 6.30. The van der Waals surface area contributed by atoms with Crippen molar-refractivity contribution in [3.05, 3.63) is 42.5 Å². The Morgan fingerprint density at radius 1 is 1.40 bits per heavy atom. The second kappa shape index (κ2) is 6.23. The van der Waals surface area contributed by atoms with Crippen LogP contribution in [-0.2, 0) is 6.54 Å². The van der Waals surface area contributed by atoms with Gasteiger partial charge < -0.3 is 5.32 Å². The number of hydrogen-bond donors (Lipinski definition) is 1. The van der Waals surface area contributed by atoms with Gasteiger partial charge in [-0.3, -0.25) is 14.5 Å². The molecule has 6 nitrogen and oxygen atoms in total. The Balaban J connectivity index is 2.06. The molecular weight excluding hydrogens is 261 g/mol. The molecule has 0 aliphatic heterocycles. The third-order valence-electron chi connectivity index (χ3n) is 2.94. The highest BCUT2D eigenvalue weighted by Gasteiger charge is 2.18. The van der Waals surface area contributed by atoms with Gasteiger partial charge in [-0.05, 0) is 12.0 Å². The summed E-state index contributed by atoms with van der Waals surface area (Å²) < 4.78 is 14.7. The van der Waals surface area contributed by atoms with Crippen LogP contribution in [0.3, 0.4) is 0 Å². The molecule has 2 rings (SSSR count). The molecule has 0 aliphatic rings. The van der Waals surface area contributed by atoms with Crippen molar-refractivity contribution in [2.45, 2.75) is 26.4 Å². The van der Waals surface area contributed by atoms with Crippen LogP contribution in [0.25, 0.3) is 0 Å². The number of aromatic nitrogens is 4. The molecule has 0 aromatic carbocycles. The van der Waals surface area contributed by atoms with E-state index in [-0.39, 0.29) is 23.4 Å². The monoisotopic (exact) mass is 277 g/mol. The first kappa shape index (κ1) is 14.1. The van der Waals surface area contributed by atoms with Crippen molar-refractivity contribution in [3.63, 3.8) is 0 Å². The zero-order chi connectivity index (χ0) is 14.5. The van der Waals surface area contributed by atoms with Crippen LogP contribution in [-0.4, -0.2) is 31.7 Å². The average molecular weight is 277 g/mol. The smallest absolute Gasteiger partial charge is 0.253 e. The van der Waals surface area contributed by atoms with E-state index >= 15 is 0 Å². The molecule has 0 fully saturated rings. The SMILES string of the molecule is CC(C)[C@@H](Cn1cncn1)NC(=O)c1cncc(F)c1. The first-order valence-corrected chi connectivity index (χ1v) is 6.30. The number of amides is 1. The Bertz CT molecular complexity index is 570. The van der Waals surface area contributed by atoms with Gasteiger partial charge in [-0.15, -0.1) is 0 Å². The van der Waals surface area contributed by atoms with E-state index in [2.05, 4.69) is 20.4 Å².